The third-order valence-electron chi connectivity index (χ3n) is 7.07. The normalized spacial score (nSPS) is 12.2. The van der Waals surface area contributed by atoms with Crippen molar-refractivity contribution in [1.29, 1.82) is 0 Å². The molecule has 0 aliphatic rings. The average molecular weight is 633 g/mol. The Morgan fingerprint density at radius 3 is 2.09 bits per heavy atom. The highest BCUT2D eigenvalue weighted by atomic mass is 35.5. The van der Waals surface area contributed by atoms with Gasteiger partial charge in [-0.05, 0) is 53.8 Å². The largest absolute Gasteiger partial charge is 0.491 e. The summed E-state index contributed by atoms with van der Waals surface area (Å²) in [6.07, 6.45) is -4.31. The summed E-state index contributed by atoms with van der Waals surface area (Å²) in [4.78, 5) is 13.2. The molecule has 1 atom stereocenters. The van der Waals surface area contributed by atoms with Crippen molar-refractivity contribution < 1.29 is 27.8 Å². The van der Waals surface area contributed by atoms with Gasteiger partial charge in [-0.2, -0.15) is 13.2 Å². The van der Waals surface area contributed by atoms with Crippen LogP contribution in [0, 0.1) is 0 Å². The number of aliphatic carboxylic acids is 1. The molecule has 0 heterocycles. The maximum absolute atomic E-state index is 13.6. The van der Waals surface area contributed by atoms with Gasteiger partial charge >= 0.3 is 12.1 Å². The third kappa shape index (κ3) is 10.0. The number of carboxylic acid groups (broad SMARTS) is 1. The van der Waals surface area contributed by atoms with E-state index in [4.69, 9.17) is 21.4 Å². The lowest BCUT2D eigenvalue weighted by molar-refractivity contribution is -0.138. The van der Waals surface area contributed by atoms with E-state index in [1.165, 1.54) is 6.07 Å². The molecule has 0 radical (unpaired) electrons. The zero-order valence-corrected chi connectivity index (χ0v) is 25.2. The molecule has 4 aromatic rings. The topological polar surface area (TPSA) is 49.8 Å². The summed E-state index contributed by atoms with van der Waals surface area (Å²) in [6.45, 7) is 3.21. The van der Waals surface area contributed by atoms with Crippen LogP contribution >= 0.6 is 24.0 Å². The minimum atomic E-state index is -4.55. The van der Waals surface area contributed by atoms with Crippen LogP contribution in [0.4, 0.5) is 13.2 Å². The van der Waals surface area contributed by atoms with Gasteiger partial charge in [-0.15, -0.1) is 12.4 Å². The van der Waals surface area contributed by atoms with Crippen LogP contribution in [0.15, 0.2) is 103 Å². The molecular weight excluding hydrogens is 598 g/mol. The number of carboxylic acids is 1. The maximum Gasteiger partial charge on any atom is 0.417 e. The van der Waals surface area contributed by atoms with Gasteiger partial charge in [0, 0.05) is 25.6 Å². The number of alkyl halides is 3. The first kappa shape index (κ1) is 34.0. The van der Waals surface area contributed by atoms with E-state index < -0.39 is 17.7 Å². The predicted octanol–water partition coefficient (Wildman–Crippen LogP) is 8.90. The molecule has 0 unspecified atom stereocenters. The number of benzene rings is 4. The van der Waals surface area contributed by atoms with Crippen molar-refractivity contribution in [2.45, 2.75) is 44.5 Å². The van der Waals surface area contributed by atoms with Gasteiger partial charge in [-0.25, -0.2) is 0 Å². The van der Waals surface area contributed by atoms with E-state index in [0.29, 0.717) is 36.4 Å². The van der Waals surface area contributed by atoms with E-state index in [0.717, 1.165) is 17.2 Å². The fourth-order valence-electron chi connectivity index (χ4n) is 4.99. The third-order valence-corrected chi connectivity index (χ3v) is 7.51. The zero-order chi connectivity index (χ0) is 30.1. The van der Waals surface area contributed by atoms with Crippen LogP contribution in [0.25, 0.3) is 0 Å². The lowest BCUT2D eigenvalue weighted by atomic mass is 9.90. The van der Waals surface area contributed by atoms with Crippen LogP contribution in [0.3, 0.4) is 0 Å². The lowest BCUT2D eigenvalue weighted by Crippen LogP contribution is -2.32. The maximum atomic E-state index is 13.6. The summed E-state index contributed by atoms with van der Waals surface area (Å²) in [5, 5.41) is 8.82. The van der Waals surface area contributed by atoms with Crippen LogP contribution in [0.5, 0.6) is 5.75 Å². The van der Waals surface area contributed by atoms with Crippen LogP contribution in [0.2, 0.25) is 5.02 Å². The molecule has 0 aliphatic carbocycles. The van der Waals surface area contributed by atoms with Crippen LogP contribution in [-0.4, -0.2) is 35.2 Å². The fraction of sp³-hybridized carbons (Fsp3) is 0.265. The Bertz CT molecular complexity index is 1410. The van der Waals surface area contributed by atoms with Gasteiger partial charge in [0.1, 0.15) is 5.75 Å². The SMILES string of the molecule is C[C@@H](CCN(Cc1cccc(C(F)(F)F)c1Cl)CC(c1ccccc1)c1ccccc1)Oc1cccc(CC(=O)O)c1.Cl. The highest BCUT2D eigenvalue weighted by molar-refractivity contribution is 6.32. The fourth-order valence-corrected chi connectivity index (χ4v) is 5.28. The quantitative estimate of drug-likeness (QED) is 0.160. The summed E-state index contributed by atoms with van der Waals surface area (Å²) in [5.41, 5.74) is 2.40. The van der Waals surface area contributed by atoms with Gasteiger partial charge in [-0.3, -0.25) is 9.69 Å². The van der Waals surface area contributed by atoms with Crippen LogP contribution in [-0.2, 0) is 23.9 Å². The number of carbonyl (C=O) groups is 1. The highest BCUT2D eigenvalue weighted by Gasteiger charge is 2.34. The van der Waals surface area contributed by atoms with E-state index in [1.807, 2.05) is 43.3 Å². The Kier molecular flexibility index (Phi) is 12.5. The Balaban J connectivity index is 0.00000506. The van der Waals surface area contributed by atoms with E-state index in [-0.39, 0.29) is 42.4 Å². The predicted molar refractivity (Wildman–Crippen MR) is 166 cm³/mol. The summed E-state index contributed by atoms with van der Waals surface area (Å²) >= 11 is 6.32. The van der Waals surface area contributed by atoms with Gasteiger partial charge in [0.2, 0.25) is 0 Å². The Labute approximate surface area is 261 Å². The van der Waals surface area contributed by atoms with Crippen LogP contribution in [0.1, 0.15) is 47.1 Å². The highest BCUT2D eigenvalue weighted by Crippen LogP contribution is 2.37. The molecule has 4 aromatic carbocycles. The molecule has 0 spiro atoms. The molecule has 0 aliphatic heterocycles. The summed E-state index contributed by atoms with van der Waals surface area (Å²) in [6, 6.07) is 31.1. The standard InChI is InChI=1S/C34H33ClF3NO3.ClH/c1-24(42-29-16-8-10-25(20-29)21-32(40)41)18-19-39(22-28-15-9-17-31(33(28)35)34(36,37)38)23-30(26-11-4-2-5-12-26)27-13-6-3-7-14-27;/h2-17,20,24,30H,18-19,21-23H2,1H3,(H,40,41);1H/t24-;/m0./s1. The summed E-state index contributed by atoms with van der Waals surface area (Å²) in [5.74, 6) is -0.378. The number of halogens is 5. The van der Waals surface area contributed by atoms with Gasteiger partial charge in [-0.1, -0.05) is 96.5 Å². The Hall–Kier alpha value is -3.52. The van der Waals surface area contributed by atoms with Crippen molar-refractivity contribution in [1.82, 2.24) is 4.90 Å². The number of hydrogen-bond acceptors (Lipinski definition) is 3. The van der Waals surface area contributed by atoms with E-state index in [2.05, 4.69) is 29.2 Å². The number of hydrogen-bond donors (Lipinski definition) is 1. The van der Waals surface area contributed by atoms with E-state index in [1.54, 1.807) is 30.3 Å². The molecule has 0 amide bonds. The van der Waals surface area contributed by atoms with Crippen molar-refractivity contribution in [2.75, 3.05) is 13.1 Å². The van der Waals surface area contributed by atoms with Crippen molar-refractivity contribution in [3.05, 3.63) is 136 Å². The van der Waals surface area contributed by atoms with Crippen molar-refractivity contribution in [3.63, 3.8) is 0 Å². The molecule has 4 rings (SSSR count). The molecule has 1 N–H and O–H groups in total. The smallest absolute Gasteiger partial charge is 0.417 e. The Morgan fingerprint density at radius 1 is 0.907 bits per heavy atom. The minimum Gasteiger partial charge on any atom is -0.491 e. The Morgan fingerprint density at radius 2 is 1.51 bits per heavy atom. The first-order valence-corrected chi connectivity index (χ1v) is 14.1. The van der Waals surface area contributed by atoms with Crippen molar-refractivity contribution in [2.24, 2.45) is 0 Å². The minimum absolute atomic E-state index is 0. The van der Waals surface area contributed by atoms with Crippen molar-refractivity contribution in [3.8, 4) is 5.75 Å². The molecule has 0 saturated heterocycles. The van der Waals surface area contributed by atoms with E-state index >= 15 is 0 Å². The second kappa shape index (κ2) is 15.8. The summed E-state index contributed by atoms with van der Waals surface area (Å²) < 4.78 is 47.0. The first-order valence-electron chi connectivity index (χ1n) is 13.7. The van der Waals surface area contributed by atoms with Gasteiger partial charge < -0.3 is 9.84 Å². The van der Waals surface area contributed by atoms with Crippen LogP contribution < -0.4 is 4.74 Å². The first-order chi connectivity index (χ1) is 20.1. The van der Waals surface area contributed by atoms with E-state index in [9.17, 15) is 18.0 Å². The summed E-state index contributed by atoms with van der Waals surface area (Å²) in [7, 11) is 0. The molecule has 9 heteroatoms. The molecule has 43 heavy (non-hydrogen) atoms. The van der Waals surface area contributed by atoms with Gasteiger partial charge in [0.25, 0.3) is 0 Å². The molecule has 0 aromatic heterocycles. The number of rotatable bonds is 13. The van der Waals surface area contributed by atoms with Crippen molar-refractivity contribution >= 4 is 30.0 Å². The number of nitrogens with zero attached hydrogens (tertiary/aromatic N) is 1. The average Bonchev–Trinajstić information content (AvgIpc) is 2.95. The molecule has 0 fully saturated rings. The molecule has 228 valence electrons. The van der Waals surface area contributed by atoms with Gasteiger partial charge in [0.15, 0.2) is 0 Å². The molecule has 0 bridgehead atoms. The second-order valence-electron chi connectivity index (χ2n) is 10.3. The zero-order valence-electron chi connectivity index (χ0n) is 23.6. The lowest BCUT2D eigenvalue weighted by Gasteiger charge is -2.30. The monoisotopic (exact) mass is 631 g/mol. The van der Waals surface area contributed by atoms with Gasteiger partial charge in [0.05, 0.1) is 23.1 Å². The second-order valence-corrected chi connectivity index (χ2v) is 10.7. The number of ether oxygens (including phenoxy) is 1. The molecule has 4 nitrogen and oxygen atoms in total. The molecular formula is C34H34Cl2F3NO3. The molecule has 0 saturated carbocycles.